The molecule has 3 aliphatic heterocycles. The Bertz CT molecular complexity index is 1420. The van der Waals surface area contributed by atoms with Crippen LogP contribution in [0, 0.1) is 17.0 Å². The zero-order valence-electron chi connectivity index (χ0n) is 25.5. The predicted octanol–water partition coefficient (Wildman–Crippen LogP) is 5.97. The molecular formula is C33H41Cl2F2N3O4. The number of rotatable bonds is 9. The average molecular weight is 653 g/mol. The minimum atomic E-state index is -1.57. The molecule has 0 bridgehead atoms. The van der Waals surface area contributed by atoms with Gasteiger partial charge < -0.3 is 30.6 Å². The summed E-state index contributed by atoms with van der Waals surface area (Å²) in [5.74, 6) is -3.43. The number of ether oxygens (including phenoxy) is 3. The lowest BCUT2D eigenvalue weighted by molar-refractivity contribution is -0.138. The van der Waals surface area contributed by atoms with Crippen molar-refractivity contribution >= 4 is 29.1 Å². The van der Waals surface area contributed by atoms with Crippen LogP contribution in [0.25, 0.3) is 0 Å². The summed E-state index contributed by atoms with van der Waals surface area (Å²) in [5.41, 5.74) is 6.85. The van der Waals surface area contributed by atoms with E-state index in [0.29, 0.717) is 39.2 Å². The van der Waals surface area contributed by atoms with Crippen LogP contribution in [0.2, 0.25) is 10.0 Å². The summed E-state index contributed by atoms with van der Waals surface area (Å²) in [4.78, 5) is 14.0. The van der Waals surface area contributed by atoms with E-state index in [2.05, 4.69) is 30.6 Å². The fourth-order valence-corrected chi connectivity index (χ4v) is 7.29. The highest BCUT2D eigenvalue weighted by Crippen LogP contribution is 2.51. The molecule has 44 heavy (non-hydrogen) atoms. The number of nitrogens with two attached hydrogens (primary N) is 1. The van der Waals surface area contributed by atoms with Crippen molar-refractivity contribution in [3.63, 3.8) is 0 Å². The minimum absolute atomic E-state index is 0.113. The Balaban J connectivity index is 1.55. The number of amides is 1. The van der Waals surface area contributed by atoms with E-state index in [0.717, 1.165) is 6.42 Å². The molecule has 0 saturated carbocycles. The van der Waals surface area contributed by atoms with Gasteiger partial charge in [-0.2, -0.15) is 0 Å². The first kappa shape index (κ1) is 33.3. The van der Waals surface area contributed by atoms with Crippen molar-refractivity contribution in [1.29, 1.82) is 0 Å². The topological polar surface area (TPSA) is 94.8 Å². The summed E-state index contributed by atoms with van der Waals surface area (Å²) in [6.07, 6.45) is 3.58. The molecular weight excluding hydrogens is 611 g/mol. The maximum atomic E-state index is 15.9. The highest BCUT2D eigenvalue weighted by molar-refractivity contribution is 6.31. The Morgan fingerprint density at radius 2 is 1.98 bits per heavy atom. The maximum Gasteiger partial charge on any atom is 0.237 e. The van der Waals surface area contributed by atoms with Gasteiger partial charge in [0, 0.05) is 29.1 Å². The molecule has 0 spiro atoms. The van der Waals surface area contributed by atoms with E-state index in [1.165, 1.54) is 23.8 Å². The van der Waals surface area contributed by atoms with Crippen LogP contribution in [0.15, 0.2) is 48.0 Å². The summed E-state index contributed by atoms with van der Waals surface area (Å²) in [5, 5.41) is 6.51. The molecule has 0 radical (unpaired) electrons. The van der Waals surface area contributed by atoms with Crippen molar-refractivity contribution in [3.8, 4) is 0 Å². The lowest BCUT2D eigenvalue weighted by Gasteiger charge is -2.41. The number of benzene rings is 2. The Kier molecular flexibility index (Phi) is 9.79. The van der Waals surface area contributed by atoms with E-state index in [4.69, 9.17) is 43.1 Å². The fraction of sp³-hybridized carbons (Fsp3) is 0.545. The average Bonchev–Trinajstić information content (AvgIpc) is 3.46. The normalized spacial score (nSPS) is 28.6. The highest BCUT2D eigenvalue weighted by Gasteiger charge is 2.59. The highest BCUT2D eigenvalue weighted by atomic mass is 35.5. The summed E-state index contributed by atoms with van der Waals surface area (Å²) in [7, 11) is 0. The van der Waals surface area contributed by atoms with Crippen molar-refractivity contribution in [2.24, 2.45) is 11.1 Å². The molecule has 2 fully saturated rings. The van der Waals surface area contributed by atoms with Gasteiger partial charge in [-0.3, -0.25) is 4.79 Å². The third-order valence-electron chi connectivity index (χ3n) is 9.18. The van der Waals surface area contributed by atoms with Gasteiger partial charge in [-0.1, -0.05) is 66.9 Å². The van der Waals surface area contributed by atoms with Crippen LogP contribution in [0.5, 0.6) is 0 Å². The molecule has 5 atom stereocenters. The van der Waals surface area contributed by atoms with E-state index in [1.54, 1.807) is 18.2 Å². The van der Waals surface area contributed by atoms with Crippen LogP contribution in [-0.4, -0.2) is 56.2 Å². The zero-order chi connectivity index (χ0) is 31.9. The number of carbonyl (C=O) groups is 1. The van der Waals surface area contributed by atoms with Gasteiger partial charge in [0.05, 0.1) is 42.5 Å². The lowest BCUT2D eigenvalue weighted by Crippen LogP contribution is -2.53. The molecule has 7 nitrogen and oxygen atoms in total. The molecule has 5 unspecified atom stereocenters. The minimum Gasteiger partial charge on any atom is -0.377 e. The first-order chi connectivity index (χ1) is 20.7. The Morgan fingerprint density at radius 3 is 2.64 bits per heavy atom. The zero-order valence-corrected chi connectivity index (χ0v) is 27.0. The molecule has 0 aromatic heterocycles. The van der Waals surface area contributed by atoms with Crippen LogP contribution in [-0.2, 0) is 24.5 Å². The van der Waals surface area contributed by atoms with Crippen LogP contribution in [0.4, 0.5) is 8.78 Å². The molecule has 11 heteroatoms. The van der Waals surface area contributed by atoms with Crippen molar-refractivity contribution in [3.05, 3.63) is 80.9 Å². The number of hydrogen-bond donors (Lipinski definition) is 3. The van der Waals surface area contributed by atoms with Crippen molar-refractivity contribution < 1.29 is 27.8 Å². The van der Waals surface area contributed by atoms with Crippen LogP contribution in [0.1, 0.15) is 64.0 Å². The smallest absolute Gasteiger partial charge is 0.237 e. The fourth-order valence-electron chi connectivity index (χ4n) is 6.95. The van der Waals surface area contributed by atoms with Gasteiger partial charge in [-0.15, -0.1) is 0 Å². The molecule has 0 aliphatic carbocycles. The molecule has 240 valence electrons. The summed E-state index contributed by atoms with van der Waals surface area (Å²) in [6, 6.07) is 7.22. The maximum absolute atomic E-state index is 15.9. The van der Waals surface area contributed by atoms with E-state index < -0.39 is 46.4 Å². The molecule has 1 amide bonds. The Hall–Kier alpha value is -2.11. The number of nitrogens with one attached hydrogen (secondary N) is 2. The predicted molar refractivity (Wildman–Crippen MR) is 167 cm³/mol. The standard InChI is InChI=1S/C33H41Cl2F2N3O4/c1-31(2,19-11-14-42-15-12-19)17-26-33(38,23-9-8-20(34)16-25(23)36)27(22-6-5-7-24(35)28(22)37)29(40-26)30(41)39-13-10-21-18-43-32(3,4)44-21/h5-9,11,16,21,26-27,29,40H,10,12-15,17-18,38H2,1-4H3,(H,39,41). The van der Waals surface area contributed by atoms with Gasteiger partial charge in [0.1, 0.15) is 11.6 Å². The monoisotopic (exact) mass is 651 g/mol. The Labute approximate surface area is 267 Å². The lowest BCUT2D eigenvalue weighted by atomic mass is 9.66. The molecule has 2 aromatic rings. The number of hydrogen-bond acceptors (Lipinski definition) is 6. The summed E-state index contributed by atoms with van der Waals surface area (Å²) >= 11 is 12.4. The second-order valence-electron chi connectivity index (χ2n) is 13.0. The van der Waals surface area contributed by atoms with Gasteiger partial charge in [0.2, 0.25) is 5.91 Å². The van der Waals surface area contributed by atoms with Crippen LogP contribution < -0.4 is 16.4 Å². The van der Waals surface area contributed by atoms with Crippen molar-refractivity contribution in [2.75, 3.05) is 26.4 Å². The van der Waals surface area contributed by atoms with E-state index in [1.807, 2.05) is 13.8 Å². The van der Waals surface area contributed by atoms with Crippen LogP contribution in [0.3, 0.4) is 0 Å². The van der Waals surface area contributed by atoms with E-state index in [-0.39, 0.29) is 33.2 Å². The third kappa shape index (κ3) is 6.70. The molecule has 5 rings (SSSR count). The van der Waals surface area contributed by atoms with Gasteiger partial charge in [-0.25, -0.2) is 8.78 Å². The largest absolute Gasteiger partial charge is 0.377 e. The van der Waals surface area contributed by atoms with Gasteiger partial charge in [0.25, 0.3) is 0 Å². The molecule has 3 heterocycles. The summed E-state index contributed by atoms with van der Waals surface area (Å²) < 4.78 is 48.8. The van der Waals surface area contributed by atoms with Crippen LogP contribution >= 0.6 is 23.2 Å². The molecule has 2 saturated heterocycles. The molecule has 4 N–H and O–H groups in total. The SMILES string of the molecule is CC1(C)OCC(CCNC(=O)C2NC(CC(C)(C)C3=CCOCC3)C(N)(c3ccc(Cl)cc3F)C2c2cccc(Cl)c2F)O1. The van der Waals surface area contributed by atoms with Gasteiger partial charge >= 0.3 is 0 Å². The van der Waals surface area contributed by atoms with Gasteiger partial charge in [0.15, 0.2) is 5.79 Å². The summed E-state index contributed by atoms with van der Waals surface area (Å²) in [6.45, 7) is 9.68. The van der Waals surface area contributed by atoms with E-state index >= 15 is 8.78 Å². The van der Waals surface area contributed by atoms with Crippen molar-refractivity contribution in [2.45, 2.75) is 82.4 Å². The second kappa shape index (κ2) is 12.9. The molecule has 3 aliphatic rings. The van der Waals surface area contributed by atoms with E-state index in [9.17, 15) is 4.79 Å². The molecule has 2 aromatic carbocycles. The first-order valence-electron chi connectivity index (χ1n) is 15.0. The first-order valence-corrected chi connectivity index (χ1v) is 15.8. The third-order valence-corrected chi connectivity index (χ3v) is 9.71. The van der Waals surface area contributed by atoms with Gasteiger partial charge in [-0.05, 0) is 62.3 Å². The second-order valence-corrected chi connectivity index (χ2v) is 13.9. The number of halogens is 4. The number of carbonyl (C=O) groups excluding carboxylic acids is 1. The quantitative estimate of drug-likeness (QED) is 0.289. The Morgan fingerprint density at radius 1 is 1.20 bits per heavy atom. The van der Waals surface area contributed by atoms with Crippen molar-refractivity contribution in [1.82, 2.24) is 10.6 Å².